The van der Waals surface area contributed by atoms with Gasteiger partial charge in [-0.1, -0.05) is 31.4 Å². The molecular weight excluding hydrogens is 248 g/mol. The number of benzene rings is 1. The first-order valence-corrected chi connectivity index (χ1v) is 7.80. The Balaban J connectivity index is 1.89. The van der Waals surface area contributed by atoms with Crippen LogP contribution in [0.2, 0.25) is 0 Å². The lowest BCUT2D eigenvalue weighted by atomic mass is 9.84. The van der Waals surface area contributed by atoms with Crippen molar-refractivity contribution < 1.29 is 4.79 Å². The maximum absolute atomic E-state index is 12.2. The van der Waals surface area contributed by atoms with Crippen molar-refractivity contribution in [3.05, 3.63) is 35.4 Å². The van der Waals surface area contributed by atoms with E-state index in [0.717, 1.165) is 12.0 Å². The van der Waals surface area contributed by atoms with Gasteiger partial charge < -0.3 is 11.1 Å². The minimum absolute atomic E-state index is 0.0439. The summed E-state index contributed by atoms with van der Waals surface area (Å²) in [6.45, 7) is 2.78. The molecule has 0 heterocycles. The average Bonchev–Trinajstić information content (AvgIpc) is 2.49. The van der Waals surface area contributed by atoms with Gasteiger partial charge in [-0.2, -0.15) is 0 Å². The fourth-order valence-electron chi connectivity index (χ4n) is 3.03. The highest BCUT2D eigenvalue weighted by Gasteiger charge is 2.21. The van der Waals surface area contributed by atoms with Crippen molar-refractivity contribution in [1.82, 2.24) is 5.32 Å². The highest BCUT2D eigenvalue weighted by molar-refractivity contribution is 5.94. The molecule has 0 unspecified atom stereocenters. The summed E-state index contributed by atoms with van der Waals surface area (Å²) in [5.41, 5.74) is 7.46. The smallest absolute Gasteiger partial charge is 0.251 e. The molecule has 3 heteroatoms. The van der Waals surface area contributed by atoms with E-state index >= 15 is 0 Å². The SMILES string of the molecule is C[C@@H](NC(=O)c1ccc(CCN)cc1)C1CCCCC1. The van der Waals surface area contributed by atoms with Crippen molar-refractivity contribution in [3.63, 3.8) is 0 Å². The molecule has 1 aromatic rings. The lowest BCUT2D eigenvalue weighted by Gasteiger charge is -2.28. The van der Waals surface area contributed by atoms with Crippen LogP contribution in [0.15, 0.2) is 24.3 Å². The predicted octanol–water partition coefficient (Wildman–Crippen LogP) is 2.89. The fraction of sp³-hybridized carbons (Fsp3) is 0.588. The normalized spacial score (nSPS) is 17.7. The molecule has 0 aromatic heterocycles. The molecule has 1 aliphatic rings. The second kappa shape index (κ2) is 7.44. The molecular formula is C17H26N2O. The summed E-state index contributed by atoms with van der Waals surface area (Å²) < 4.78 is 0. The van der Waals surface area contributed by atoms with Gasteiger partial charge in [0.05, 0.1) is 0 Å². The van der Waals surface area contributed by atoms with Gasteiger partial charge in [0.1, 0.15) is 0 Å². The van der Waals surface area contributed by atoms with Gasteiger partial charge in [0.2, 0.25) is 0 Å². The van der Waals surface area contributed by atoms with Gasteiger partial charge in [0.15, 0.2) is 0 Å². The van der Waals surface area contributed by atoms with E-state index in [1.165, 1.54) is 37.7 Å². The van der Waals surface area contributed by atoms with Crippen LogP contribution in [0.3, 0.4) is 0 Å². The first kappa shape index (κ1) is 15.0. The van der Waals surface area contributed by atoms with E-state index in [9.17, 15) is 4.79 Å². The van der Waals surface area contributed by atoms with E-state index in [0.29, 0.717) is 12.5 Å². The number of rotatable bonds is 5. The van der Waals surface area contributed by atoms with E-state index in [1.54, 1.807) is 0 Å². The van der Waals surface area contributed by atoms with E-state index in [4.69, 9.17) is 5.73 Å². The van der Waals surface area contributed by atoms with Crippen LogP contribution in [0.25, 0.3) is 0 Å². The van der Waals surface area contributed by atoms with Crippen molar-refractivity contribution in [1.29, 1.82) is 0 Å². The molecule has 0 aliphatic heterocycles. The topological polar surface area (TPSA) is 55.1 Å². The summed E-state index contributed by atoms with van der Waals surface area (Å²) in [5, 5.41) is 3.15. The lowest BCUT2D eigenvalue weighted by Crippen LogP contribution is -2.38. The van der Waals surface area contributed by atoms with Gasteiger partial charge >= 0.3 is 0 Å². The van der Waals surface area contributed by atoms with Crippen LogP contribution in [0.4, 0.5) is 0 Å². The fourth-order valence-corrected chi connectivity index (χ4v) is 3.03. The van der Waals surface area contributed by atoms with Crippen LogP contribution in [0.5, 0.6) is 0 Å². The molecule has 1 aliphatic carbocycles. The summed E-state index contributed by atoms with van der Waals surface area (Å²) in [7, 11) is 0. The molecule has 0 spiro atoms. The molecule has 0 saturated heterocycles. The Morgan fingerprint density at radius 1 is 1.25 bits per heavy atom. The van der Waals surface area contributed by atoms with Gasteiger partial charge in [-0.3, -0.25) is 4.79 Å². The molecule has 0 bridgehead atoms. The molecule has 0 radical (unpaired) electrons. The molecule has 1 fully saturated rings. The van der Waals surface area contributed by atoms with Crippen molar-refractivity contribution in [3.8, 4) is 0 Å². The highest BCUT2D eigenvalue weighted by Crippen LogP contribution is 2.26. The number of carbonyl (C=O) groups excluding carboxylic acids is 1. The standard InChI is InChI=1S/C17H26N2O/c1-13(15-5-3-2-4-6-15)19-17(20)16-9-7-14(8-10-16)11-12-18/h7-10,13,15H,2-6,11-12,18H2,1H3,(H,19,20)/t13-/m1/s1. The maximum Gasteiger partial charge on any atom is 0.251 e. The van der Waals surface area contributed by atoms with Crippen molar-refractivity contribution in [2.45, 2.75) is 51.5 Å². The third-order valence-corrected chi connectivity index (χ3v) is 4.36. The van der Waals surface area contributed by atoms with E-state index in [1.807, 2.05) is 24.3 Å². The third-order valence-electron chi connectivity index (χ3n) is 4.36. The van der Waals surface area contributed by atoms with Crippen molar-refractivity contribution in [2.24, 2.45) is 11.7 Å². The monoisotopic (exact) mass is 274 g/mol. The van der Waals surface area contributed by atoms with Gasteiger partial charge in [-0.05, 0) is 56.3 Å². The number of nitrogens with two attached hydrogens (primary N) is 1. The van der Waals surface area contributed by atoms with Crippen LogP contribution < -0.4 is 11.1 Å². The largest absolute Gasteiger partial charge is 0.349 e. The summed E-state index contributed by atoms with van der Waals surface area (Å²) in [6, 6.07) is 8.05. The number of carbonyl (C=O) groups is 1. The Morgan fingerprint density at radius 3 is 2.50 bits per heavy atom. The molecule has 2 rings (SSSR count). The average molecular weight is 274 g/mol. The first-order valence-electron chi connectivity index (χ1n) is 7.80. The molecule has 3 nitrogen and oxygen atoms in total. The zero-order valence-corrected chi connectivity index (χ0v) is 12.4. The van der Waals surface area contributed by atoms with Gasteiger partial charge in [0.25, 0.3) is 5.91 Å². The second-order valence-corrected chi connectivity index (χ2v) is 5.90. The summed E-state index contributed by atoms with van der Waals surface area (Å²) in [6.07, 6.45) is 7.31. The number of nitrogens with one attached hydrogen (secondary N) is 1. The Bertz CT molecular complexity index is 421. The Hall–Kier alpha value is -1.35. The summed E-state index contributed by atoms with van der Waals surface area (Å²) in [4.78, 5) is 12.2. The molecule has 110 valence electrons. The minimum atomic E-state index is 0.0439. The van der Waals surface area contributed by atoms with Crippen LogP contribution in [-0.2, 0) is 6.42 Å². The minimum Gasteiger partial charge on any atom is -0.349 e. The number of hydrogen-bond acceptors (Lipinski definition) is 2. The number of hydrogen-bond donors (Lipinski definition) is 2. The molecule has 1 atom stereocenters. The first-order chi connectivity index (χ1) is 9.70. The van der Waals surface area contributed by atoms with Crippen LogP contribution in [-0.4, -0.2) is 18.5 Å². The van der Waals surface area contributed by atoms with E-state index in [2.05, 4.69) is 12.2 Å². The zero-order chi connectivity index (χ0) is 14.4. The zero-order valence-electron chi connectivity index (χ0n) is 12.4. The quantitative estimate of drug-likeness (QED) is 0.867. The van der Waals surface area contributed by atoms with Crippen LogP contribution >= 0.6 is 0 Å². The van der Waals surface area contributed by atoms with E-state index < -0.39 is 0 Å². The Labute approximate surface area is 121 Å². The van der Waals surface area contributed by atoms with Crippen LogP contribution in [0, 0.1) is 5.92 Å². The highest BCUT2D eigenvalue weighted by atomic mass is 16.1. The Kier molecular flexibility index (Phi) is 5.60. The molecule has 20 heavy (non-hydrogen) atoms. The molecule has 1 saturated carbocycles. The predicted molar refractivity (Wildman–Crippen MR) is 82.7 cm³/mol. The molecule has 1 amide bonds. The number of amides is 1. The van der Waals surface area contributed by atoms with Crippen molar-refractivity contribution in [2.75, 3.05) is 6.54 Å². The summed E-state index contributed by atoms with van der Waals surface area (Å²) >= 11 is 0. The lowest BCUT2D eigenvalue weighted by molar-refractivity contribution is 0.0919. The third kappa shape index (κ3) is 4.07. The van der Waals surface area contributed by atoms with Gasteiger partial charge in [-0.15, -0.1) is 0 Å². The molecule has 3 N–H and O–H groups in total. The maximum atomic E-state index is 12.2. The van der Waals surface area contributed by atoms with Crippen molar-refractivity contribution >= 4 is 5.91 Å². The van der Waals surface area contributed by atoms with Crippen LogP contribution in [0.1, 0.15) is 54.9 Å². The molecule has 1 aromatic carbocycles. The van der Waals surface area contributed by atoms with Gasteiger partial charge in [-0.25, -0.2) is 0 Å². The Morgan fingerprint density at radius 2 is 1.90 bits per heavy atom. The van der Waals surface area contributed by atoms with Gasteiger partial charge in [0, 0.05) is 11.6 Å². The second-order valence-electron chi connectivity index (χ2n) is 5.90. The summed E-state index contributed by atoms with van der Waals surface area (Å²) in [5.74, 6) is 0.687. The van der Waals surface area contributed by atoms with E-state index in [-0.39, 0.29) is 11.9 Å².